The van der Waals surface area contributed by atoms with Crippen molar-refractivity contribution in [3.63, 3.8) is 0 Å². The molecule has 6 nitrogen and oxygen atoms in total. The van der Waals surface area contributed by atoms with E-state index < -0.39 is 0 Å². The Bertz CT molecular complexity index is 1020. The molecule has 0 aliphatic rings. The quantitative estimate of drug-likeness (QED) is 0.674. The number of carbonyl (C=O) groups is 1. The topological polar surface area (TPSA) is 77.8 Å². The molecule has 0 aliphatic heterocycles. The molecule has 3 rings (SSSR count). The van der Waals surface area contributed by atoms with Gasteiger partial charge in [0, 0.05) is 11.6 Å². The van der Waals surface area contributed by atoms with Crippen molar-refractivity contribution in [1.29, 1.82) is 0 Å². The first-order valence-electron chi connectivity index (χ1n) is 9.16. The van der Waals surface area contributed by atoms with Crippen LogP contribution >= 0.6 is 0 Å². The number of ether oxygens (including phenoxy) is 2. The predicted octanol–water partition coefficient (Wildman–Crippen LogP) is 3.76. The Labute approximate surface area is 163 Å². The highest BCUT2D eigenvalue weighted by atomic mass is 16.5. The van der Waals surface area contributed by atoms with Crippen LogP contribution in [0.2, 0.25) is 0 Å². The van der Waals surface area contributed by atoms with Crippen LogP contribution in [0.5, 0.6) is 11.5 Å². The SMILES string of the molecule is CCC(C)NC(=O)COc1c(-c2ccc(OC)cc2)oc2ccccc2c1=O. The van der Waals surface area contributed by atoms with E-state index in [1.54, 1.807) is 55.6 Å². The highest BCUT2D eigenvalue weighted by Gasteiger charge is 2.19. The van der Waals surface area contributed by atoms with E-state index in [1.165, 1.54) is 0 Å². The number of hydrogen-bond acceptors (Lipinski definition) is 5. The summed E-state index contributed by atoms with van der Waals surface area (Å²) >= 11 is 0. The highest BCUT2D eigenvalue weighted by Crippen LogP contribution is 2.31. The van der Waals surface area contributed by atoms with E-state index in [1.807, 2.05) is 13.8 Å². The zero-order valence-electron chi connectivity index (χ0n) is 16.2. The van der Waals surface area contributed by atoms with Gasteiger partial charge >= 0.3 is 0 Å². The number of fused-ring (bicyclic) bond motifs is 1. The summed E-state index contributed by atoms with van der Waals surface area (Å²) in [5.74, 6) is 0.690. The van der Waals surface area contributed by atoms with Gasteiger partial charge in [-0.05, 0) is 49.7 Å². The maximum atomic E-state index is 13.0. The third-order valence-electron chi connectivity index (χ3n) is 4.48. The molecule has 0 bridgehead atoms. The van der Waals surface area contributed by atoms with Gasteiger partial charge in [0.15, 0.2) is 12.4 Å². The Morgan fingerprint density at radius 1 is 1.14 bits per heavy atom. The van der Waals surface area contributed by atoms with Crippen molar-refractivity contribution in [2.45, 2.75) is 26.3 Å². The van der Waals surface area contributed by atoms with Crippen LogP contribution in [0.3, 0.4) is 0 Å². The number of benzene rings is 2. The van der Waals surface area contributed by atoms with Gasteiger partial charge in [-0.15, -0.1) is 0 Å². The third kappa shape index (κ3) is 4.17. The van der Waals surface area contributed by atoms with Crippen LogP contribution in [0.4, 0.5) is 0 Å². The maximum Gasteiger partial charge on any atom is 0.258 e. The standard InChI is InChI=1S/C22H23NO5/c1-4-14(2)23-19(24)13-27-22-20(25)17-7-5-6-8-18(17)28-21(22)15-9-11-16(26-3)12-10-15/h5-12,14H,4,13H2,1-3H3,(H,23,24). The van der Waals surface area contributed by atoms with E-state index in [0.717, 1.165) is 6.42 Å². The normalized spacial score (nSPS) is 11.8. The van der Waals surface area contributed by atoms with E-state index in [2.05, 4.69) is 5.32 Å². The number of methoxy groups -OCH3 is 1. The summed E-state index contributed by atoms with van der Waals surface area (Å²) in [6.45, 7) is 3.62. The average molecular weight is 381 g/mol. The molecule has 0 spiro atoms. The molecule has 1 aromatic heterocycles. The third-order valence-corrected chi connectivity index (χ3v) is 4.48. The molecule has 0 fully saturated rings. The number of amides is 1. The molecular weight excluding hydrogens is 358 g/mol. The van der Waals surface area contributed by atoms with Crippen molar-refractivity contribution >= 4 is 16.9 Å². The minimum atomic E-state index is -0.316. The summed E-state index contributed by atoms with van der Waals surface area (Å²) in [4.78, 5) is 25.1. The molecule has 6 heteroatoms. The second-order valence-electron chi connectivity index (χ2n) is 6.48. The van der Waals surface area contributed by atoms with Crippen LogP contribution < -0.4 is 20.2 Å². The van der Waals surface area contributed by atoms with Crippen LogP contribution in [0.15, 0.2) is 57.7 Å². The van der Waals surface area contributed by atoms with Crippen molar-refractivity contribution in [1.82, 2.24) is 5.32 Å². The summed E-state index contributed by atoms with van der Waals surface area (Å²) in [6.07, 6.45) is 0.806. The molecule has 0 radical (unpaired) electrons. The fourth-order valence-electron chi connectivity index (χ4n) is 2.74. The second kappa shape index (κ2) is 8.61. The first kappa shape index (κ1) is 19.5. The Morgan fingerprint density at radius 3 is 2.54 bits per heavy atom. The molecule has 0 saturated heterocycles. The summed E-state index contributed by atoms with van der Waals surface area (Å²) in [5.41, 5.74) is 0.791. The van der Waals surface area contributed by atoms with Gasteiger partial charge in [0.25, 0.3) is 5.91 Å². The van der Waals surface area contributed by atoms with Gasteiger partial charge in [0.1, 0.15) is 11.3 Å². The molecule has 1 heterocycles. The van der Waals surface area contributed by atoms with Crippen molar-refractivity contribution < 1.29 is 18.7 Å². The van der Waals surface area contributed by atoms with Crippen LogP contribution in [0.1, 0.15) is 20.3 Å². The lowest BCUT2D eigenvalue weighted by atomic mass is 10.1. The zero-order valence-corrected chi connectivity index (χ0v) is 16.2. The lowest BCUT2D eigenvalue weighted by molar-refractivity contribution is -0.123. The van der Waals surface area contributed by atoms with Crippen molar-refractivity contribution in [2.24, 2.45) is 0 Å². The van der Waals surface area contributed by atoms with E-state index in [9.17, 15) is 9.59 Å². The first-order chi connectivity index (χ1) is 13.5. The molecule has 146 valence electrons. The molecular formula is C22H23NO5. The number of hydrogen-bond donors (Lipinski definition) is 1. The molecule has 0 saturated carbocycles. The molecule has 2 aromatic carbocycles. The number of nitrogens with one attached hydrogen (secondary N) is 1. The summed E-state index contributed by atoms with van der Waals surface area (Å²) in [7, 11) is 1.58. The summed E-state index contributed by atoms with van der Waals surface area (Å²) in [6, 6.07) is 14.1. The van der Waals surface area contributed by atoms with Crippen molar-refractivity contribution in [2.75, 3.05) is 13.7 Å². The van der Waals surface area contributed by atoms with Crippen molar-refractivity contribution in [3.05, 3.63) is 58.8 Å². The van der Waals surface area contributed by atoms with E-state index in [0.29, 0.717) is 22.3 Å². The second-order valence-corrected chi connectivity index (χ2v) is 6.48. The predicted molar refractivity (Wildman–Crippen MR) is 108 cm³/mol. The lowest BCUT2D eigenvalue weighted by Gasteiger charge is -2.14. The van der Waals surface area contributed by atoms with Gasteiger partial charge < -0.3 is 19.2 Å². The Hall–Kier alpha value is -3.28. The Kier molecular flexibility index (Phi) is 5.99. The minimum absolute atomic E-state index is 0.0168. The van der Waals surface area contributed by atoms with Gasteiger partial charge in [-0.3, -0.25) is 9.59 Å². The van der Waals surface area contributed by atoms with Gasteiger partial charge in [-0.2, -0.15) is 0 Å². The number of carbonyl (C=O) groups excluding carboxylic acids is 1. The monoisotopic (exact) mass is 381 g/mol. The fraction of sp³-hybridized carbons (Fsp3) is 0.273. The molecule has 28 heavy (non-hydrogen) atoms. The van der Waals surface area contributed by atoms with Crippen LogP contribution in [0, 0.1) is 0 Å². The van der Waals surface area contributed by atoms with Gasteiger partial charge in [-0.1, -0.05) is 19.1 Å². The number of rotatable bonds is 7. The molecule has 1 amide bonds. The molecule has 1 atom stereocenters. The fourth-order valence-corrected chi connectivity index (χ4v) is 2.74. The minimum Gasteiger partial charge on any atom is -0.497 e. The van der Waals surface area contributed by atoms with E-state index in [-0.39, 0.29) is 35.5 Å². The number of para-hydroxylation sites is 1. The maximum absolute atomic E-state index is 13.0. The Balaban J connectivity index is 2.01. The van der Waals surface area contributed by atoms with Crippen LogP contribution in [0.25, 0.3) is 22.3 Å². The largest absolute Gasteiger partial charge is 0.497 e. The van der Waals surface area contributed by atoms with Gasteiger partial charge in [0.05, 0.1) is 12.5 Å². The van der Waals surface area contributed by atoms with E-state index >= 15 is 0 Å². The van der Waals surface area contributed by atoms with Gasteiger partial charge in [0.2, 0.25) is 11.2 Å². The highest BCUT2D eigenvalue weighted by molar-refractivity contribution is 5.83. The lowest BCUT2D eigenvalue weighted by Crippen LogP contribution is -2.36. The molecule has 3 aromatic rings. The average Bonchev–Trinajstić information content (AvgIpc) is 2.73. The Morgan fingerprint density at radius 2 is 1.86 bits per heavy atom. The van der Waals surface area contributed by atoms with E-state index in [4.69, 9.17) is 13.9 Å². The molecule has 0 aliphatic carbocycles. The van der Waals surface area contributed by atoms with Crippen LogP contribution in [-0.2, 0) is 4.79 Å². The molecule has 1 unspecified atom stereocenters. The van der Waals surface area contributed by atoms with Crippen LogP contribution in [-0.4, -0.2) is 25.7 Å². The van der Waals surface area contributed by atoms with Gasteiger partial charge in [-0.25, -0.2) is 0 Å². The summed E-state index contributed by atoms with van der Waals surface area (Å²) in [5, 5.41) is 3.22. The first-order valence-corrected chi connectivity index (χ1v) is 9.16. The smallest absolute Gasteiger partial charge is 0.258 e. The zero-order chi connectivity index (χ0) is 20.1. The van der Waals surface area contributed by atoms with Crippen molar-refractivity contribution in [3.8, 4) is 22.8 Å². The molecule has 1 N–H and O–H groups in total. The summed E-state index contributed by atoms with van der Waals surface area (Å²) < 4.78 is 16.8.